The first-order chi connectivity index (χ1) is 9.61. The van der Waals surface area contributed by atoms with Gasteiger partial charge in [-0.3, -0.25) is 4.90 Å². The molecule has 114 valence electrons. The van der Waals surface area contributed by atoms with Crippen molar-refractivity contribution in [2.45, 2.75) is 26.3 Å². The molecule has 1 aromatic carbocycles. The van der Waals surface area contributed by atoms with Gasteiger partial charge in [-0.1, -0.05) is 19.1 Å². The maximum atomic E-state index is 12.1. The van der Waals surface area contributed by atoms with E-state index in [1.54, 1.807) is 11.9 Å². The molecule has 20 heavy (non-hydrogen) atoms. The van der Waals surface area contributed by atoms with Gasteiger partial charge in [0.2, 0.25) is 0 Å². The molecule has 3 nitrogen and oxygen atoms in total. The summed E-state index contributed by atoms with van der Waals surface area (Å²) >= 11 is 0. The van der Waals surface area contributed by atoms with Crippen molar-refractivity contribution >= 4 is 0 Å². The van der Waals surface area contributed by atoms with Crippen LogP contribution in [0, 0.1) is 0 Å². The highest BCUT2D eigenvalue weighted by Gasteiger charge is 2.07. The monoisotopic (exact) mass is 286 g/mol. The molecule has 0 heterocycles. The van der Waals surface area contributed by atoms with E-state index in [4.69, 9.17) is 4.74 Å². The summed E-state index contributed by atoms with van der Waals surface area (Å²) < 4.78 is 29.9. The Labute approximate surface area is 119 Å². The molecule has 0 aliphatic rings. The van der Waals surface area contributed by atoms with Crippen LogP contribution in [0.25, 0.3) is 0 Å². The number of likely N-dealkylation sites (N-methyl/N-ethyl adjacent to an activating group) is 1. The van der Waals surface area contributed by atoms with Gasteiger partial charge in [-0.15, -0.1) is 0 Å². The molecule has 5 heteroatoms. The van der Waals surface area contributed by atoms with Gasteiger partial charge in [0.15, 0.2) is 0 Å². The standard InChI is InChI=1S/C15H24F2N2O/c1-3-7-18-11-13-5-4-6-14(10-13)20-9-8-19(2)12-15(16)17/h4-6,10,15,18H,3,7-9,11-12H2,1-2H3. The lowest BCUT2D eigenvalue weighted by Crippen LogP contribution is -2.28. The summed E-state index contributed by atoms with van der Waals surface area (Å²) in [6.45, 7) is 4.62. The first-order valence-corrected chi connectivity index (χ1v) is 7.01. The lowest BCUT2D eigenvalue weighted by atomic mass is 10.2. The highest BCUT2D eigenvalue weighted by Crippen LogP contribution is 2.13. The zero-order chi connectivity index (χ0) is 14.8. The van der Waals surface area contributed by atoms with Crippen molar-refractivity contribution in [3.8, 4) is 5.75 Å². The van der Waals surface area contributed by atoms with E-state index in [1.807, 2.05) is 24.3 Å². The van der Waals surface area contributed by atoms with Gasteiger partial charge >= 0.3 is 0 Å². The average Bonchev–Trinajstić information content (AvgIpc) is 2.39. The summed E-state index contributed by atoms with van der Waals surface area (Å²) in [6, 6.07) is 7.85. The van der Waals surface area contributed by atoms with Crippen LogP contribution in [-0.4, -0.2) is 44.6 Å². The van der Waals surface area contributed by atoms with Gasteiger partial charge in [-0.2, -0.15) is 0 Å². The minimum atomic E-state index is -2.30. The molecule has 1 rings (SSSR count). The van der Waals surface area contributed by atoms with Crippen molar-refractivity contribution in [2.75, 3.05) is 33.3 Å². The predicted octanol–water partition coefficient (Wildman–Crippen LogP) is 2.76. The van der Waals surface area contributed by atoms with Crippen LogP contribution in [0.2, 0.25) is 0 Å². The zero-order valence-corrected chi connectivity index (χ0v) is 12.2. The minimum absolute atomic E-state index is 0.218. The van der Waals surface area contributed by atoms with Gasteiger partial charge in [-0.25, -0.2) is 8.78 Å². The van der Waals surface area contributed by atoms with Gasteiger partial charge in [0.1, 0.15) is 12.4 Å². The number of halogens is 2. The molecule has 0 aliphatic carbocycles. The molecular weight excluding hydrogens is 262 g/mol. The van der Waals surface area contributed by atoms with Gasteiger partial charge < -0.3 is 10.1 Å². The molecule has 0 spiro atoms. The summed E-state index contributed by atoms with van der Waals surface area (Å²) in [6.07, 6.45) is -1.19. The Bertz CT molecular complexity index is 375. The van der Waals surface area contributed by atoms with E-state index >= 15 is 0 Å². The van der Waals surface area contributed by atoms with Crippen LogP contribution in [-0.2, 0) is 6.54 Å². The zero-order valence-electron chi connectivity index (χ0n) is 12.2. The van der Waals surface area contributed by atoms with Crippen LogP contribution in [0.4, 0.5) is 8.78 Å². The van der Waals surface area contributed by atoms with Crippen molar-refractivity contribution in [1.29, 1.82) is 0 Å². The van der Waals surface area contributed by atoms with Crippen LogP contribution >= 0.6 is 0 Å². The van der Waals surface area contributed by atoms with Crippen LogP contribution in [0.1, 0.15) is 18.9 Å². The van der Waals surface area contributed by atoms with Crippen molar-refractivity contribution in [3.05, 3.63) is 29.8 Å². The van der Waals surface area contributed by atoms with Crippen LogP contribution < -0.4 is 10.1 Å². The lowest BCUT2D eigenvalue weighted by Gasteiger charge is -2.16. The van der Waals surface area contributed by atoms with Crippen molar-refractivity contribution in [3.63, 3.8) is 0 Å². The Morgan fingerprint density at radius 1 is 1.35 bits per heavy atom. The van der Waals surface area contributed by atoms with E-state index < -0.39 is 6.43 Å². The second-order valence-electron chi connectivity index (χ2n) is 4.83. The Morgan fingerprint density at radius 3 is 2.85 bits per heavy atom. The molecule has 1 aromatic rings. The Balaban J connectivity index is 2.31. The number of ether oxygens (including phenoxy) is 1. The Hall–Kier alpha value is -1.20. The van der Waals surface area contributed by atoms with Crippen LogP contribution in [0.3, 0.4) is 0 Å². The molecule has 0 saturated heterocycles. The molecule has 0 aliphatic heterocycles. The molecular formula is C15H24F2N2O. The van der Waals surface area contributed by atoms with E-state index in [0.717, 1.165) is 30.8 Å². The first-order valence-electron chi connectivity index (χ1n) is 7.01. The van der Waals surface area contributed by atoms with Crippen LogP contribution in [0.5, 0.6) is 5.75 Å². The second-order valence-corrected chi connectivity index (χ2v) is 4.83. The normalized spacial score (nSPS) is 11.3. The summed E-state index contributed by atoms with van der Waals surface area (Å²) in [7, 11) is 1.67. The average molecular weight is 286 g/mol. The third-order valence-electron chi connectivity index (χ3n) is 2.85. The summed E-state index contributed by atoms with van der Waals surface area (Å²) in [5, 5.41) is 3.33. The number of hydrogen-bond donors (Lipinski definition) is 1. The molecule has 1 N–H and O–H groups in total. The fourth-order valence-electron chi connectivity index (χ4n) is 1.80. The molecule has 0 aromatic heterocycles. The van der Waals surface area contributed by atoms with Crippen molar-refractivity contribution < 1.29 is 13.5 Å². The van der Waals surface area contributed by atoms with E-state index in [-0.39, 0.29) is 6.54 Å². The topological polar surface area (TPSA) is 24.5 Å². The number of rotatable bonds is 10. The van der Waals surface area contributed by atoms with Gasteiger partial charge in [0.25, 0.3) is 6.43 Å². The molecule has 0 fully saturated rings. The number of hydrogen-bond acceptors (Lipinski definition) is 3. The Morgan fingerprint density at radius 2 is 2.15 bits per heavy atom. The highest BCUT2D eigenvalue weighted by atomic mass is 19.3. The van der Waals surface area contributed by atoms with Crippen LogP contribution in [0.15, 0.2) is 24.3 Å². The van der Waals surface area contributed by atoms with Gasteiger partial charge in [0, 0.05) is 13.1 Å². The predicted molar refractivity (Wildman–Crippen MR) is 77.4 cm³/mol. The summed E-state index contributed by atoms with van der Waals surface area (Å²) in [5.41, 5.74) is 1.16. The first kappa shape index (κ1) is 16.9. The second kappa shape index (κ2) is 9.66. The molecule has 0 atom stereocenters. The fraction of sp³-hybridized carbons (Fsp3) is 0.600. The maximum Gasteiger partial charge on any atom is 0.251 e. The number of nitrogens with zero attached hydrogens (tertiary/aromatic N) is 1. The fourth-order valence-corrected chi connectivity index (χ4v) is 1.80. The number of alkyl halides is 2. The smallest absolute Gasteiger partial charge is 0.251 e. The lowest BCUT2D eigenvalue weighted by molar-refractivity contribution is 0.0935. The SMILES string of the molecule is CCCNCc1cccc(OCCN(C)CC(F)F)c1. The van der Waals surface area contributed by atoms with Crippen molar-refractivity contribution in [2.24, 2.45) is 0 Å². The third kappa shape index (κ3) is 7.40. The van der Waals surface area contributed by atoms with E-state index in [2.05, 4.69) is 12.2 Å². The van der Waals surface area contributed by atoms with Crippen molar-refractivity contribution in [1.82, 2.24) is 10.2 Å². The third-order valence-corrected chi connectivity index (χ3v) is 2.85. The largest absolute Gasteiger partial charge is 0.492 e. The minimum Gasteiger partial charge on any atom is -0.492 e. The summed E-state index contributed by atoms with van der Waals surface area (Å²) in [5.74, 6) is 0.784. The maximum absolute atomic E-state index is 12.1. The van der Waals surface area contributed by atoms with E-state index in [1.165, 1.54) is 0 Å². The number of benzene rings is 1. The quantitative estimate of drug-likeness (QED) is 0.669. The number of nitrogens with one attached hydrogen (secondary N) is 1. The Kier molecular flexibility index (Phi) is 8.14. The van der Waals surface area contributed by atoms with E-state index in [9.17, 15) is 8.78 Å². The highest BCUT2D eigenvalue weighted by molar-refractivity contribution is 5.28. The van der Waals surface area contributed by atoms with E-state index in [0.29, 0.717) is 13.2 Å². The molecule has 0 saturated carbocycles. The molecule has 0 bridgehead atoms. The molecule has 0 unspecified atom stereocenters. The van der Waals surface area contributed by atoms with Gasteiger partial charge in [0.05, 0.1) is 6.54 Å². The molecule has 0 radical (unpaired) electrons. The summed E-state index contributed by atoms with van der Waals surface area (Å²) in [4.78, 5) is 1.57. The molecule has 0 amide bonds. The van der Waals surface area contributed by atoms with Gasteiger partial charge in [-0.05, 0) is 37.7 Å².